The standard InChI is InChI=1S/C6H10O3.C5H13NO2P/c1-5(2)6(8)9-4-3-7;1-6(2,3)4-5-8-9-7/h7H,1,3-4H2,2H3;4-5H2,1-3H3/q;+1. The highest BCUT2D eigenvalue weighted by Crippen LogP contribution is 1.96. The number of ether oxygens (including phenoxy) is 1. The van der Waals surface area contributed by atoms with Crippen LogP contribution in [0.3, 0.4) is 0 Å². The van der Waals surface area contributed by atoms with E-state index in [1.807, 2.05) is 0 Å². The monoisotopic (exact) mass is 280 g/mol. The predicted molar refractivity (Wildman–Crippen MR) is 69.3 cm³/mol. The molecule has 0 aliphatic heterocycles. The van der Waals surface area contributed by atoms with E-state index in [-0.39, 0.29) is 21.9 Å². The molecule has 0 amide bonds. The lowest BCUT2D eigenvalue weighted by Crippen LogP contribution is -2.37. The maximum Gasteiger partial charge on any atom is 0.333 e. The Kier molecular flexibility index (Phi) is 12.2. The van der Waals surface area contributed by atoms with E-state index in [9.17, 15) is 9.36 Å². The van der Waals surface area contributed by atoms with Crippen LogP contribution in [-0.4, -0.2) is 63.1 Å². The molecule has 0 aromatic heterocycles. The molecule has 0 aromatic rings. The summed E-state index contributed by atoms with van der Waals surface area (Å²) in [6, 6.07) is 0. The van der Waals surface area contributed by atoms with Crippen LogP contribution in [-0.2, 0) is 18.6 Å². The molecule has 7 heteroatoms. The van der Waals surface area contributed by atoms with Crippen LogP contribution in [0.4, 0.5) is 0 Å². The summed E-state index contributed by atoms with van der Waals surface area (Å²) in [4.78, 5) is 10.5. The Hall–Kier alpha value is -0.810. The number of hydrogen-bond acceptors (Lipinski definition) is 5. The summed E-state index contributed by atoms with van der Waals surface area (Å²) in [5.41, 5.74) is 0.350. The maximum atomic E-state index is 10.5. The minimum Gasteiger partial charge on any atom is -0.460 e. The Bertz CT molecular complexity index is 263. The molecule has 1 N–H and O–H groups in total. The lowest BCUT2D eigenvalue weighted by Gasteiger charge is -2.22. The normalized spacial score (nSPS) is 10.5. The highest BCUT2D eigenvalue weighted by Gasteiger charge is 2.04. The number of carbonyl (C=O) groups excluding carboxylic acids is 1. The molecule has 0 spiro atoms. The van der Waals surface area contributed by atoms with Gasteiger partial charge in [-0.1, -0.05) is 6.58 Å². The fraction of sp³-hybridized carbons (Fsp3) is 0.727. The van der Waals surface area contributed by atoms with Crippen LogP contribution >= 0.6 is 8.69 Å². The lowest BCUT2D eigenvalue weighted by molar-refractivity contribution is -0.870. The average molecular weight is 280 g/mol. The van der Waals surface area contributed by atoms with E-state index in [0.29, 0.717) is 12.2 Å². The van der Waals surface area contributed by atoms with Crippen molar-refractivity contribution in [1.82, 2.24) is 0 Å². The zero-order valence-corrected chi connectivity index (χ0v) is 12.4. The molecule has 0 atom stereocenters. The Morgan fingerprint density at radius 3 is 2.22 bits per heavy atom. The Morgan fingerprint density at radius 2 is 1.89 bits per heavy atom. The largest absolute Gasteiger partial charge is 0.460 e. The minimum atomic E-state index is -0.455. The van der Waals surface area contributed by atoms with Crippen LogP contribution in [0, 0.1) is 0 Å². The van der Waals surface area contributed by atoms with E-state index in [4.69, 9.17) is 5.11 Å². The number of aliphatic hydroxyl groups excluding tert-OH is 1. The molecule has 0 saturated carbocycles. The fourth-order valence-electron chi connectivity index (χ4n) is 0.613. The topological polar surface area (TPSA) is 72.8 Å². The third kappa shape index (κ3) is 17.6. The Labute approximate surface area is 110 Å². The smallest absolute Gasteiger partial charge is 0.333 e. The number of carbonyl (C=O) groups is 1. The molecule has 0 rings (SSSR count). The van der Waals surface area contributed by atoms with Crippen LogP contribution in [0.15, 0.2) is 12.2 Å². The van der Waals surface area contributed by atoms with Gasteiger partial charge in [0.2, 0.25) is 0 Å². The first-order chi connectivity index (χ1) is 8.24. The average Bonchev–Trinajstić information content (AvgIpc) is 2.25. The van der Waals surface area contributed by atoms with Gasteiger partial charge in [-0.15, -0.1) is 0 Å². The number of esters is 1. The fourth-order valence-corrected chi connectivity index (χ4v) is 0.770. The minimum absolute atomic E-state index is 0.0473. The Morgan fingerprint density at radius 1 is 1.33 bits per heavy atom. The van der Waals surface area contributed by atoms with E-state index in [0.717, 1.165) is 11.0 Å². The molecule has 18 heavy (non-hydrogen) atoms. The van der Waals surface area contributed by atoms with Gasteiger partial charge in [0.25, 0.3) is 0 Å². The molecule has 0 radical (unpaired) electrons. The van der Waals surface area contributed by atoms with Gasteiger partial charge in [-0.3, -0.25) is 4.52 Å². The van der Waals surface area contributed by atoms with Crippen molar-refractivity contribution in [3.8, 4) is 0 Å². The van der Waals surface area contributed by atoms with Crippen molar-refractivity contribution in [3.05, 3.63) is 12.2 Å². The van der Waals surface area contributed by atoms with Crippen molar-refractivity contribution in [3.63, 3.8) is 0 Å². The summed E-state index contributed by atoms with van der Waals surface area (Å²) >= 11 is 0. The first-order valence-electron chi connectivity index (χ1n) is 5.43. The molecule has 0 fully saturated rings. The molecule has 0 aliphatic rings. The molecular formula is C11H23NO5P+. The first-order valence-corrected chi connectivity index (χ1v) is 6.16. The SMILES string of the molecule is C=C(C)C(=O)OCCO.C[N+](C)(C)CCOP=O. The van der Waals surface area contributed by atoms with Crippen LogP contribution in [0.2, 0.25) is 0 Å². The van der Waals surface area contributed by atoms with Gasteiger partial charge < -0.3 is 14.3 Å². The number of rotatable bonds is 7. The van der Waals surface area contributed by atoms with Crippen molar-refractivity contribution in [1.29, 1.82) is 0 Å². The van der Waals surface area contributed by atoms with Crippen molar-refractivity contribution in [2.24, 2.45) is 0 Å². The number of nitrogens with zero attached hydrogens (tertiary/aromatic N) is 1. The van der Waals surface area contributed by atoms with E-state index < -0.39 is 5.97 Å². The lowest BCUT2D eigenvalue weighted by atomic mass is 10.4. The van der Waals surface area contributed by atoms with E-state index in [1.165, 1.54) is 0 Å². The molecule has 106 valence electrons. The van der Waals surface area contributed by atoms with Crippen molar-refractivity contribution in [2.75, 3.05) is 47.5 Å². The first kappa shape index (κ1) is 19.5. The molecule has 0 saturated heterocycles. The number of quaternary nitrogens is 1. The number of hydrogen-bond donors (Lipinski definition) is 1. The van der Waals surface area contributed by atoms with Gasteiger partial charge >= 0.3 is 14.7 Å². The highest BCUT2D eigenvalue weighted by atomic mass is 31.1. The van der Waals surface area contributed by atoms with Crippen molar-refractivity contribution >= 4 is 14.7 Å². The molecular weight excluding hydrogens is 257 g/mol. The molecule has 0 bridgehead atoms. The second-order valence-electron chi connectivity index (χ2n) is 4.56. The molecule has 0 heterocycles. The molecule has 6 nitrogen and oxygen atoms in total. The summed E-state index contributed by atoms with van der Waals surface area (Å²) in [5.74, 6) is -0.455. The van der Waals surface area contributed by atoms with Crippen LogP contribution in [0.25, 0.3) is 0 Å². The van der Waals surface area contributed by atoms with Crippen LogP contribution in [0.5, 0.6) is 0 Å². The summed E-state index contributed by atoms with van der Waals surface area (Å²) < 4.78 is 19.7. The van der Waals surface area contributed by atoms with Crippen LogP contribution in [0.1, 0.15) is 6.92 Å². The molecule has 0 aliphatic carbocycles. The molecule has 0 unspecified atom stereocenters. The second-order valence-corrected chi connectivity index (χ2v) is 4.97. The quantitative estimate of drug-likeness (QED) is 0.248. The molecule has 0 aromatic carbocycles. The zero-order valence-electron chi connectivity index (χ0n) is 11.5. The van der Waals surface area contributed by atoms with Gasteiger partial charge in [0.15, 0.2) is 0 Å². The van der Waals surface area contributed by atoms with E-state index in [1.54, 1.807) is 6.92 Å². The van der Waals surface area contributed by atoms with E-state index in [2.05, 4.69) is 37.0 Å². The van der Waals surface area contributed by atoms with Gasteiger partial charge in [-0.2, -0.15) is 0 Å². The maximum absolute atomic E-state index is 10.5. The predicted octanol–water partition coefficient (Wildman–Crippen LogP) is 1.01. The second kappa shape index (κ2) is 11.3. The third-order valence-corrected chi connectivity index (χ3v) is 1.87. The summed E-state index contributed by atoms with van der Waals surface area (Å²) in [5, 5.41) is 8.19. The third-order valence-electron chi connectivity index (χ3n) is 1.58. The van der Waals surface area contributed by atoms with Gasteiger partial charge in [0.05, 0.1) is 27.7 Å². The van der Waals surface area contributed by atoms with Gasteiger partial charge in [-0.05, 0) is 6.92 Å². The summed E-state index contributed by atoms with van der Waals surface area (Å²) in [7, 11) is 5.96. The van der Waals surface area contributed by atoms with Gasteiger partial charge in [0.1, 0.15) is 19.8 Å². The van der Waals surface area contributed by atoms with Gasteiger partial charge in [0, 0.05) is 5.57 Å². The number of likely N-dealkylation sites (N-methyl/N-ethyl adjacent to an activating group) is 1. The highest BCUT2D eigenvalue weighted by molar-refractivity contribution is 7.17. The van der Waals surface area contributed by atoms with Crippen LogP contribution < -0.4 is 0 Å². The summed E-state index contributed by atoms with van der Waals surface area (Å²) in [6.45, 7) is 6.25. The zero-order chi connectivity index (χ0) is 14.6. The van der Waals surface area contributed by atoms with Crippen molar-refractivity contribution < 1.29 is 28.2 Å². The Balaban J connectivity index is 0. The van der Waals surface area contributed by atoms with Crippen molar-refractivity contribution in [2.45, 2.75) is 6.92 Å². The van der Waals surface area contributed by atoms with E-state index >= 15 is 0 Å². The van der Waals surface area contributed by atoms with Gasteiger partial charge in [-0.25, -0.2) is 9.36 Å². The summed E-state index contributed by atoms with van der Waals surface area (Å²) in [6.07, 6.45) is 0. The number of aliphatic hydroxyl groups is 1.